The Morgan fingerprint density at radius 3 is 2.52 bits per heavy atom. The van der Waals surface area contributed by atoms with Crippen molar-refractivity contribution in [2.75, 3.05) is 7.05 Å². The average molecular weight is 360 g/mol. The normalized spacial score (nSPS) is 12.3. The minimum absolute atomic E-state index is 0.148. The van der Waals surface area contributed by atoms with E-state index in [2.05, 4.69) is 10.2 Å². The molecule has 7 nitrogen and oxygen atoms in total. The first-order chi connectivity index (χ1) is 10.7. The molecule has 0 aliphatic rings. The van der Waals surface area contributed by atoms with Crippen LogP contribution in [0.15, 0.2) is 11.1 Å². The Kier molecular flexibility index (Phi) is 5.17. The van der Waals surface area contributed by atoms with E-state index >= 15 is 0 Å². The second-order valence-corrected chi connectivity index (χ2v) is 7.94. The highest BCUT2D eigenvalue weighted by molar-refractivity contribution is 7.89. The van der Waals surface area contributed by atoms with Crippen LogP contribution in [-0.2, 0) is 30.2 Å². The summed E-state index contributed by atoms with van der Waals surface area (Å²) < 4.78 is 30.5. The van der Waals surface area contributed by atoms with Crippen LogP contribution in [0, 0.1) is 13.8 Å². The molecule has 23 heavy (non-hydrogen) atoms. The zero-order chi connectivity index (χ0) is 17.4. The predicted octanol–water partition coefficient (Wildman–Crippen LogP) is 2.12. The van der Waals surface area contributed by atoms with Gasteiger partial charge < -0.3 is 0 Å². The number of hydrogen-bond donors (Lipinski definition) is 0. The molecule has 2 rings (SSSR count). The molecule has 0 saturated heterocycles. The standard InChI is InChI=1S/C14H22ClN5O2S/c1-6-7-20-11(3)14(10(2)17-20)23(21,22)18(4)9-13-12(15)8-16-19(13)5/h8H,6-7,9H2,1-5H3. The maximum Gasteiger partial charge on any atom is 0.246 e. The van der Waals surface area contributed by atoms with E-state index in [1.807, 2.05) is 6.92 Å². The zero-order valence-corrected chi connectivity index (χ0v) is 15.6. The molecule has 2 aromatic rings. The minimum Gasteiger partial charge on any atom is -0.270 e. The maximum atomic E-state index is 12.9. The molecular weight excluding hydrogens is 338 g/mol. The first kappa shape index (κ1) is 18.0. The van der Waals surface area contributed by atoms with Gasteiger partial charge in [0.05, 0.1) is 34.8 Å². The van der Waals surface area contributed by atoms with Crippen molar-refractivity contribution in [3.05, 3.63) is 28.3 Å². The van der Waals surface area contributed by atoms with E-state index in [1.54, 1.807) is 30.3 Å². The summed E-state index contributed by atoms with van der Waals surface area (Å²) in [6.07, 6.45) is 2.40. The summed E-state index contributed by atoms with van der Waals surface area (Å²) in [5.74, 6) is 0. The highest BCUT2D eigenvalue weighted by Crippen LogP contribution is 2.25. The van der Waals surface area contributed by atoms with Gasteiger partial charge in [0.25, 0.3) is 0 Å². The Bertz CT molecular complexity index is 790. The molecule has 0 radical (unpaired) electrons. The van der Waals surface area contributed by atoms with Crippen LogP contribution in [0.4, 0.5) is 0 Å². The molecule has 0 atom stereocenters. The van der Waals surface area contributed by atoms with Gasteiger partial charge in [-0.15, -0.1) is 0 Å². The third-order valence-electron chi connectivity index (χ3n) is 3.80. The van der Waals surface area contributed by atoms with Crippen LogP contribution >= 0.6 is 11.6 Å². The van der Waals surface area contributed by atoms with Gasteiger partial charge in [0.1, 0.15) is 4.90 Å². The molecule has 0 unspecified atom stereocenters. The molecular formula is C14H22ClN5O2S. The second kappa shape index (κ2) is 6.62. The van der Waals surface area contributed by atoms with Gasteiger partial charge in [0.15, 0.2) is 0 Å². The van der Waals surface area contributed by atoms with Crippen molar-refractivity contribution in [1.82, 2.24) is 23.9 Å². The monoisotopic (exact) mass is 359 g/mol. The van der Waals surface area contributed by atoms with Crippen LogP contribution in [0.3, 0.4) is 0 Å². The van der Waals surface area contributed by atoms with E-state index in [-0.39, 0.29) is 11.4 Å². The molecule has 0 fully saturated rings. The fourth-order valence-electron chi connectivity index (χ4n) is 2.55. The first-order valence-electron chi connectivity index (χ1n) is 7.36. The van der Waals surface area contributed by atoms with E-state index in [4.69, 9.17) is 11.6 Å². The van der Waals surface area contributed by atoms with Crippen molar-refractivity contribution >= 4 is 21.6 Å². The molecule has 2 aromatic heterocycles. The second-order valence-electron chi connectivity index (χ2n) is 5.55. The molecule has 0 N–H and O–H groups in total. The Hall–Kier alpha value is -1.38. The van der Waals surface area contributed by atoms with Crippen molar-refractivity contribution in [2.24, 2.45) is 7.05 Å². The topological polar surface area (TPSA) is 73.0 Å². The summed E-state index contributed by atoms with van der Waals surface area (Å²) in [6.45, 7) is 6.38. The third kappa shape index (κ3) is 3.29. The maximum absolute atomic E-state index is 12.9. The van der Waals surface area contributed by atoms with Gasteiger partial charge in [-0.2, -0.15) is 14.5 Å². The van der Waals surface area contributed by atoms with Gasteiger partial charge >= 0.3 is 0 Å². The van der Waals surface area contributed by atoms with Crippen LogP contribution in [-0.4, -0.2) is 39.3 Å². The predicted molar refractivity (Wildman–Crippen MR) is 88.9 cm³/mol. The Balaban J connectivity index is 2.38. The molecule has 0 amide bonds. The average Bonchev–Trinajstić information content (AvgIpc) is 2.93. The SMILES string of the molecule is CCCn1nc(C)c(S(=O)(=O)N(C)Cc2c(Cl)cnn2C)c1C. The van der Waals surface area contributed by atoms with Crippen molar-refractivity contribution in [3.8, 4) is 0 Å². The molecule has 0 bridgehead atoms. The first-order valence-corrected chi connectivity index (χ1v) is 9.18. The lowest BCUT2D eigenvalue weighted by atomic mass is 10.4. The zero-order valence-electron chi connectivity index (χ0n) is 14.0. The molecule has 9 heteroatoms. The van der Waals surface area contributed by atoms with Crippen LogP contribution in [0.1, 0.15) is 30.4 Å². The van der Waals surface area contributed by atoms with Crippen LogP contribution < -0.4 is 0 Å². The van der Waals surface area contributed by atoms with E-state index in [0.717, 1.165) is 6.42 Å². The fourth-order valence-corrected chi connectivity index (χ4v) is 4.27. The van der Waals surface area contributed by atoms with Crippen LogP contribution in [0.25, 0.3) is 0 Å². The summed E-state index contributed by atoms with van der Waals surface area (Å²) in [5, 5.41) is 8.83. The van der Waals surface area contributed by atoms with Gasteiger partial charge in [-0.05, 0) is 20.3 Å². The summed E-state index contributed by atoms with van der Waals surface area (Å²) in [4.78, 5) is 0.270. The number of aromatic nitrogens is 4. The molecule has 0 spiro atoms. The van der Waals surface area contributed by atoms with Crippen LogP contribution in [0.5, 0.6) is 0 Å². The minimum atomic E-state index is -3.66. The van der Waals surface area contributed by atoms with Gasteiger partial charge in [0, 0.05) is 20.6 Å². The third-order valence-corrected chi connectivity index (χ3v) is 6.17. The van der Waals surface area contributed by atoms with E-state index in [0.29, 0.717) is 28.6 Å². The number of nitrogens with zero attached hydrogens (tertiary/aromatic N) is 5. The van der Waals surface area contributed by atoms with E-state index in [1.165, 1.54) is 17.5 Å². The molecule has 0 aliphatic heterocycles. The number of halogens is 1. The van der Waals surface area contributed by atoms with Gasteiger partial charge in [-0.3, -0.25) is 9.36 Å². The Morgan fingerprint density at radius 2 is 2.00 bits per heavy atom. The highest BCUT2D eigenvalue weighted by Gasteiger charge is 2.29. The summed E-state index contributed by atoms with van der Waals surface area (Å²) in [6, 6.07) is 0. The quantitative estimate of drug-likeness (QED) is 0.791. The lowest BCUT2D eigenvalue weighted by molar-refractivity contribution is 0.452. The lowest BCUT2D eigenvalue weighted by Crippen LogP contribution is -2.28. The lowest BCUT2D eigenvalue weighted by Gasteiger charge is -2.18. The van der Waals surface area contributed by atoms with Gasteiger partial charge in [0.2, 0.25) is 10.0 Å². The van der Waals surface area contributed by atoms with Crippen molar-refractivity contribution in [3.63, 3.8) is 0 Å². The smallest absolute Gasteiger partial charge is 0.246 e. The fraction of sp³-hybridized carbons (Fsp3) is 0.571. The number of hydrogen-bond acceptors (Lipinski definition) is 4. The Labute approximate surface area is 141 Å². The van der Waals surface area contributed by atoms with Gasteiger partial charge in [-0.1, -0.05) is 18.5 Å². The summed E-state index contributed by atoms with van der Waals surface area (Å²) in [5.41, 5.74) is 1.82. The largest absolute Gasteiger partial charge is 0.270 e. The van der Waals surface area contributed by atoms with Crippen molar-refractivity contribution < 1.29 is 8.42 Å². The molecule has 0 aliphatic carbocycles. The molecule has 0 saturated carbocycles. The molecule has 128 valence electrons. The summed E-state index contributed by atoms with van der Waals surface area (Å²) >= 11 is 6.07. The summed E-state index contributed by atoms with van der Waals surface area (Å²) in [7, 11) is -0.387. The number of aryl methyl sites for hydroxylation is 3. The molecule has 2 heterocycles. The van der Waals surface area contributed by atoms with Gasteiger partial charge in [-0.25, -0.2) is 8.42 Å². The van der Waals surface area contributed by atoms with E-state index < -0.39 is 10.0 Å². The number of rotatable bonds is 6. The molecule has 0 aromatic carbocycles. The Morgan fingerprint density at radius 1 is 1.35 bits per heavy atom. The van der Waals surface area contributed by atoms with E-state index in [9.17, 15) is 8.42 Å². The van der Waals surface area contributed by atoms with Crippen molar-refractivity contribution in [2.45, 2.75) is 45.2 Å². The highest BCUT2D eigenvalue weighted by atomic mass is 35.5. The van der Waals surface area contributed by atoms with Crippen molar-refractivity contribution in [1.29, 1.82) is 0 Å². The number of sulfonamides is 1. The van der Waals surface area contributed by atoms with Crippen LogP contribution in [0.2, 0.25) is 5.02 Å².